The fourth-order valence-corrected chi connectivity index (χ4v) is 3.50. The summed E-state index contributed by atoms with van der Waals surface area (Å²) in [5, 5.41) is 9.82. The molecular weight excluding hydrogens is 319 g/mol. The Hall–Kier alpha value is -3.02. The van der Waals surface area contributed by atoms with E-state index in [9.17, 15) is 4.39 Å². The molecular formula is C19H17FN4O. The minimum atomic E-state index is -0.306. The molecule has 1 fully saturated rings. The van der Waals surface area contributed by atoms with Gasteiger partial charge in [-0.15, -0.1) is 0 Å². The van der Waals surface area contributed by atoms with E-state index in [2.05, 4.69) is 56.4 Å². The summed E-state index contributed by atoms with van der Waals surface area (Å²) in [4.78, 5) is 2.20. The summed E-state index contributed by atoms with van der Waals surface area (Å²) < 4.78 is 20.8. The van der Waals surface area contributed by atoms with E-state index in [0.717, 1.165) is 37.4 Å². The lowest BCUT2D eigenvalue weighted by Crippen LogP contribution is -2.51. The molecule has 0 aliphatic carbocycles. The van der Waals surface area contributed by atoms with Crippen molar-refractivity contribution in [2.24, 2.45) is 0 Å². The smallest absolute Gasteiger partial charge is 0.180 e. The Bertz CT molecular complexity index is 1010. The van der Waals surface area contributed by atoms with E-state index in [-0.39, 0.29) is 5.82 Å². The summed E-state index contributed by atoms with van der Waals surface area (Å²) in [7, 11) is 0. The van der Waals surface area contributed by atoms with Gasteiger partial charge in [-0.1, -0.05) is 29.4 Å². The van der Waals surface area contributed by atoms with Gasteiger partial charge in [0.05, 0.1) is 18.5 Å². The van der Waals surface area contributed by atoms with E-state index < -0.39 is 0 Å². The van der Waals surface area contributed by atoms with Crippen LogP contribution in [0.5, 0.6) is 0 Å². The molecule has 0 amide bonds. The van der Waals surface area contributed by atoms with E-state index in [0.29, 0.717) is 5.58 Å². The maximum Gasteiger partial charge on any atom is 0.180 e. The number of aromatic nitrogens is 2. The quantitative estimate of drug-likeness (QED) is 0.562. The first kappa shape index (κ1) is 14.3. The van der Waals surface area contributed by atoms with Crippen LogP contribution in [0.4, 0.5) is 10.2 Å². The summed E-state index contributed by atoms with van der Waals surface area (Å²) in [5.74, 6) is 0.493. The van der Waals surface area contributed by atoms with E-state index >= 15 is 0 Å². The van der Waals surface area contributed by atoms with Crippen molar-refractivity contribution in [1.29, 1.82) is 0 Å². The van der Waals surface area contributed by atoms with Crippen LogP contribution in [0.15, 0.2) is 59.4 Å². The first-order chi connectivity index (χ1) is 12.3. The van der Waals surface area contributed by atoms with Gasteiger partial charge in [0.25, 0.3) is 0 Å². The third-order valence-corrected chi connectivity index (χ3v) is 4.84. The van der Waals surface area contributed by atoms with Crippen LogP contribution < -0.4 is 9.91 Å². The monoisotopic (exact) mass is 336 g/mol. The molecule has 2 aromatic carbocycles. The second-order valence-corrected chi connectivity index (χ2v) is 6.35. The maximum absolute atomic E-state index is 13.3. The molecule has 4 aromatic rings. The van der Waals surface area contributed by atoms with Crippen molar-refractivity contribution in [3.8, 4) is 0 Å². The second kappa shape index (κ2) is 5.51. The summed E-state index contributed by atoms with van der Waals surface area (Å²) >= 11 is 0. The molecule has 0 bridgehead atoms. The maximum atomic E-state index is 13.3. The summed E-state index contributed by atoms with van der Waals surface area (Å²) in [6.07, 6.45) is 4.33. The highest BCUT2D eigenvalue weighted by atomic mass is 19.1. The normalized spacial score (nSPS) is 15.4. The van der Waals surface area contributed by atoms with Crippen LogP contribution in [0, 0.1) is 5.82 Å². The standard InChI is InChI=1S/C19H17FN4O/c20-16-5-6-17-18(11-16)25-21-19(17)22-7-9-23(10-8-22)24-12-14-3-1-2-4-15(14)13-24/h1-6,11-13H,7-10H2. The SMILES string of the molecule is Fc1ccc2c(N3CCN(n4cc5ccccc5c4)CC3)noc2c1. The van der Waals surface area contributed by atoms with E-state index in [1.54, 1.807) is 6.07 Å². The van der Waals surface area contributed by atoms with Crippen LogP contribution in [0.1, 0.15) is 0 Å². The summed E-state index contributed by atoms with van der Waals surface area (Å²) in [6.45, 7) is 3.45. The Morgan fingerprint density at radius 2 is 1.64 bits per heavy atom. The Balaban J connectivity index is 1.36. The van der Waals surface area contributed by atoms with Crippen molar-refractivity contribution in [2.45, 2.75) is 0 Å². The van der Waals surface area contributed by atoms with Crippen molar-refractivity contribution in [3.63, 3.8) is 0 Å². The van der Waals surface area contributed by atoms with Gasteiger partial charge < -0.3 is 14.4 Å². The number of rotatable bonds is 2. The van der Waals surface area contributed by atoms with Crippen LogP contribution in [0.2, 0.25) is 0 Å². The van der Waals surface area contributed by atoms with Gasteiger partial charge in [0.1, 0.15) is 5.82 Å². The lowest BCUT2D eigenvalue weighted by Gasteiger charge is -2.36. The van der Waals surface area contributed by atoms with Gasteiger partial charge in [0, 0.05) is 42.3 Å². The lowest BCUT2D eigenvalue weighted by molar-refractivity contribution is 0.447. The predicted molar refractivity (Wildman–Crippen MR) is 96.1 cm³/mol. The van der Waals surface area contributed by atoms with E-state index in [4.69, 9.17) is 4.52 Å². The number of hydrogen-bond donors (Lipinski definition) is 0. The molecule has 0 atom stereocenters. The molecule has 0 saturated carbocycles. The fraction of sp³-hybridized carbons (Fsp3) is 0.211. The molecule has 1 aliphatic heterocycles. The third-order valence-electron chi connectivity index (χ3n) is 4.84. The topological polar surface area (TPSA) is 37.4 Å². The van der Waals surface area contributed by atoms with Crippen LogP contribution in [0.3, 0.4) is 0 Å². The van der Waals surface area contributed by atoms with E-state index in [1.807, 2.05) is 0 Å². The molecule has 2 aromatic heterocycles. The predicted octanol–water partition coefficient (Wildman–Crippen LogP) is 3.38. The number of nitrogens with zero attached hydrogens (tertiary/aromatic N) is 4. The average Bonchev–Trinajstić information content (AvgIpc) is 3.25. The zero-order chi connectivity index (χ0) is 16.8. The average molecular weight is 336 g/mol. The minimum Gasteiger partial charge on any atom is -0.354 e. The van der Waals surface area contributed by atoms with Crippen molar-refractivity contribution >= 4 is 27.6 Å². The Morgan fingerprint density at radius 1 is 0.920 bits per heavy atom. The molecule has 5 rings (SSSR count). The molecule has 0 spiro atoms. The molecule has 25 heavy (non-hydrogen) atoms. The van der Waals surface area contributed by atoms with Crippen molar-refractivity contribution in [3.05, 3.63) is 60.7 Å². The fourth-order valence-electron chi connectivity index (χ4n) is 3.50. The summed E-state index contributed by atoms with van der Waals surface area (Å²) in [5.41, 5.74) is 0.495. The van der Waals surface area contributed by atoms with Crippen molar-refractivity contribution in [1.82, 2.24) is 9.83 Å². The Morgan fingerprint density at radius 3 is 2.36 bits per heavy atom. The van der Waals surface area contributed by atoms with Crippen LogP contribution in [-0.2, 0) is 0 Å². The number of fused-ring (bicyclic) bond motifs is 2. The number of hydrogen-bond acceptors (Lipinski definition) is 4. The largest absolute Gasteiger partial charge is 0.354 e. The summed E-state index contributed by atoms with van der Waals surface area (Å²) in [6, 6.07) is 12.9. The van der Waals surface area contributed by atoms with E-state index in [1.165, 1.54) is 22.9 Å². The molecule has 1 saturated heterocycles. The Labute approximate surface area is 143 Å². The number of benzene rings is 2. The molecule has 1 aliphatic rings. The van der Waals surface area contributed by atoms with Gasteiger partial charge in [0.2, 0.25) is 0 Å². The van der Waals surface area contributed by atoms with Crippen molar-refractivity contribution < 1.29 is 8.91 Å². The number of piperazine rings is 1. The highest BCUT2D eigenvalue weighted by molar-refractivity contribution is 5.88. The first-order valence-corrected chi connectivity index (χ1v) is 8.40. The molecule has 0 N–H and O–H groups in total. The second-order valence-electron chi connectivity index (χ2n) is 6.35. The van der Waals surface area contributed by atoms with Gasteiger partial charge in [-0.3, -0.25) is 4.68 Å². The zero-order valence-electron chi connectivity index (χ0n) is 13.6. The third kappa shape index (κ3) is 2.41. The van der Waals surface area contributed by atoms with Crippen LogP contribution in [-0.4, -0.2) is 36.0 Å². The molecule has 0 unspecified atom stereocenters. The minimum absolute atomic E-state index is 0.306. The van der Waals surface area contributed by atoms with Gasteiger partial charge in [-0.2, -0.15) is 0 Å². The number of halogens is 1. The van der Waals surface area contributed by atoms with Gasteiger partial charge in [-0.25, -0.2) is 4.39 Å². The molecule has 5 nitrogen and oxygen atoms in total. The van der Waals surface area contributed by atoms with Crippen LogP contribution in [0.25, 0.3) is 21.7 Å². The lowest BCUT2D eigenvalue weighted by atomic mass is 10.2. The first-order valence-electron chi connectivity index (χ1n) is 8.40. The highest BCUT2D eigenvalue weighted by Gasteiger charge is 2.22. The highest BCUT2D eigenvalue weighted by Crippen LogP contribution is 2.27. The Kier molecular flexibility index (Phi) is 3.16. The molecule has 6 heteroatoms. The van der Waals surface area contributed by atoms with Gasteiger partial charge in [0.15, 0.2) is 11.4 Å². The van der Waals surface area contributed by atoms with Crippen molar-refractivity contribution in [2.75, 3.05) is 36.1 Å². The molecule has 126 valence electrons. The molecule has 3 heterocycles. The van der Waals surface area contributed by atoms with Crippen LogP contribution >= 0.6 is 0 Å². The van der Waals surface area contributed by atoms with Gasteiger partial charge in [-0.05, 0) is 12.1 Å². The number of anilines is 1. The zero-order valence-corrected chi connectivity index (χ0v) is 13.6. The molecule has 0 radical (unpaired) electrons. The van der Waals surface area contributed by atoms with Gasteiger partial charge >= 0.3 is 0 Å².